The molecule has 0 bridgehead atoms. The Morgan fingerprint density at radius 2 is 2.00 bits per heavy atom. The van der Waals surface area contributed by atoms with E-state index in [1.54, 1.807) is 0 Å². The van der Waals surface area contributed by atoms with Gasteiger partial charge in [-0.05, 0) is 37.7 Å². The molecule has 20 heavy (non-hydrogen) atoms. The highest BCUT2D eigenvalue weighted by Crippen LogP contribution is 2.30. The molecule has 1 heterocycles. The third-order valence-electron chi connectivity index (χ3n) is 3.60. The number of ether oxygens (including phenoxy) is 1. The van der Waals surface area contributed by atoms with Crippen LogP contribution in [-0.2, 0) is 4.74 Å². The number of morpholine rings is 1. The molecule has 2 atom stereocenters. The van der Waals surface area contributed by atoms with Crippen LogP contribution in [-0.4, -0.2) is 44.3 Å². The molecule has 1 N–H and O–H groups in total. The molecule has 2 unspecified atom stereocenters. The number of rotatable bonds is 5. The van der Waals surface area contributed by atoms with Gasteiger partial charge >= 0.3 is 0 Å². The van der Waals surface area contributed by atoms with Gasteiger partial charge in [0.1, 0.15) is 11.6 Å². The third-order valence-corrected chi connectivity index (χ3v) is 3.60. The first-order valence-corrected chi connectivity index (χ1v) is 7.12. The molecular formula is C15H22F2N2O. The minimum Gasteiger partial charge on any atom is -0.374 e. The minimum absolute atomic E-state index is 0.0958. The van der Waals surface area contributed by atoms with E-state index in [-0.39, 0.29) is 12.1 Å². The second-order valence-corrected chi connectivity index (χ2v) is 5.15. The van der Waals surface area contributed by atoms with Gasteiger partial charge in [0.05, 0.1) is 18.8 Å². The van der Waals surface area contributed by atoms with E-state index in [0.29, 0.717) is 18.7 Å². The third kappa shape index (κ3) is 3.53. The summed E-state index contributed by atoms with van der Waals surface area (Å²) in [5.74, 6) is -1.07. The number of nitrogens with zero attached hydrogens (tertiary/aromatic N) is 1. The molecule has 1 saturated heterocycles. The van der Waals surface area contributed by atoms with Gasteiger partial charge in [-0.1, -0.05) is 6.92 Å². The standard InChI is InChI=1S/C15H22F2N2O/c1-3-4-19-5-6-20-14(10-18-2)15(19)11-7-12(16)9-13(17)8-11/h7-9,14-15,18H,3-6,10H2,1-2H3. The Kier molecular flexibility index (Phi) is 5.46. The van der Waals surface area contributed by atoms with Crippen molar-refractivity contribution in [1.29, 1.82) is 0 Å². The molecule has 1 aliphatic heterocycles. The van der Waals surface area contributed by atoms with E-state index in [4.69, 9.17) is 4.74 Å². The molecule has 0 amide bonds. The average Bonchev–Trinajstić information content (AvgIpc) is 2.38. The predicted molar refractivity (Wildman–Crippen MR) is 74.6 cm³/mol. The maximum atomic E-state index is 13.5. The molecule has 0 aromatic heterocycles. The molecule has 0 aliphatic carbocycles. The van der Waals surface area contributed by atoms with Gasteiger partial charge in [-0.15, -0.1) is 0 Å². The van der Waals surface area contributed by atoms with E-state index in [1.807, 2.05) is 7.05 Å². The molecule has 1 aromatic rings. The largest absolute Gasteiger partial charge is 0.374 e. The molecule has 1 aromatic carbocycles. The van der Waals surface area contributed by atoms with E-state index in [9.17, 15) is 8.78 Å². The Morgan fingerprint density at radius 1 is 1.30 bits per heavy atom. The minimum atomic E-state index is -0.537. The highest BCUT2D eigenvalue weighted by atomic mass is 19.1. The summed E-state index contributed by atoms with van der Waals surface area (Å²) >= 11 is 0. The number of halogens is 2. The Balaban J connectivity index is 2.32. The number of likely N-dealkylation sites (N-methyl/N-ethyl adjacent to an activating group) is 1. The number of hydrogen-bond donors (Lipinski definition) is 1. The SMILES string of the molecule is CCCN1CCOC(CNC)C1c1cc(F)cc(F)c1. The summed E-state index contributed by atoms with van der Waals surface area (Å²) in [5, 5.41) is 3.09. The van der Waals surface area contributed by atoms with Crippen molar-refractivity contribution in [2.45, 2.75) is 25.5 Å². The first kappa shape index (κ1) is 15.4. The zero-order valence-corrected chi connectivity index (χ0v) is 12.0. The van der Waals surface area contributed by atoms with Crippen LogP contribution in [0.1, 0.15) is 24.9 Å². The van der Waals surface area contributed by atoms with Crippen molar-refractivity contribution >= 4 is 0 Å². The van der Waals surface area contributed by atoms with Crippen LogP contribution in [0.15, 0.2) is 18.2 Å². The number of benzene rings is 1. The quantitative estimate of drug-likeness (QED) is 0.898. The fourth-order valence-corrected chi connectivity index (χ4v) is 2.87. The Hall–Kier alpha value is -1.04. The molecular weight excluding hydrogens is 262 g/mol. The Bertz CT molecular complexity index is 404. The maximum Gasteiger partial charge on any atom is 0.126 e. The van der Waals surface area contributed by atoms with Gasteiger partial charge in [0, 0.05) is 19.2 Å². The molecule has 1 fully saturated rings. The smallest absolute Gasteiger partial charge is 0.126 e. The van der Waals surface area contributed by atoms with E-state index in [0.717, 1.165) is 25.6 Å². The summed E-state index contributed by atoms with van der Waals surface area (Å²) < 4.78 is 32.8. The van der Waals surface area contributed by atoms with Gasteiger partial charge in [0.2, 0.25) is 0 Å². The number of nitrogens with one attached hydrogen (secondary N) is 1. The van der Waals surface area contributed by atoms with E-state index in [1.165, 1.54) is 12.1 Å². The first-order chi connectivity index (χ1) is 9.65. The van der Waals surface area contributed by atoms with Gasteiger partial charge in [0.15, 0.2) is 0 Å². The Labute approximate surface area is 118 Å². The summed E-state index contributed by atoms with van der Waals surface area (Å²) in [6.07, 6.45) is 0.905. The van der Waals surface area contributed by atoms with Gasteiger partial charge in [0.25, 0.3) is 0 Å². The lowest BCUT2D eigenvalue weighted by molar-refractivity contribution is -0.0705. The lowest BCUT2D eigenvalue weighted by Gasteiger charge is -2.41. The van der Waals surface area contributed by atoms with E-state index in [2.05, 4.69) is 17.1 Å². The van der Waals surface area contributed by atoms with Gasteiger partial charge in [-0.25, -0.2) is 8.78 Å². The summed E-state index contributed by atoms with van der Waals surface area (Å²) in [6.45, 7) is 5.10. The lowest BCUT2D eigenvalue weighted by atomic mass is 9.97. The second-order valence-electron chi connectivity index (χ2n) is 5.15. The van der Waals surface area contributed by atoms with Crippen molar-refractivity contribution in [3.63, 3.8) is 0 Å². The fraction of sp³-hybridized carbons (Fsp3) is 0.600. The lowest BCUT2D eigenvalue weighted by Crippen LogP contribution is -2.48. The fourth-order valence-electron chi connectivity index (χ4n) is 2.87. The highest BCUT2D eigenvalue weighted by molar-refractivity contribution is 5.23. The molecule has 2 rings (SSSR count). The van der Waals surface area contributed by atoms with Crippen molar-refractivity contribution in [2.24, 2.45) is 0 Å². The summed E-state index contributed by atoms with van der Waals surface area (Å²) in [4.78, 5) is 2.25. The van der Waals surface area contributed by atoms with Crippen LogP contribution in [0, 0.1) is 11.6 Å². The summed E-state index contributed by atoms with van der Waals surface area (Å²) in [5.41, 5.74) is 0.649. The molecule has 5 heteroatoms. The van der Waals surface area contributed by atoms with Crippen LogP contribution in [0.3, 0.4) is 0 Å². The topological polar surface area (TPSA) is 24.5 Å². The molecule has 1 aliphatic rings. The monoisotopic (exact) mass is 284 g/mol. The van der Waals surface area contributed by atoms with Crippen LogP contribution >= 0.6 is 0 Å². The van der Waals surface area contributed by atoms with Gasteiger partial charge in [-0.3, -0.25) is 4.90 Å². The maximum absolute atomic E-state index is 13.5. The molecule has 112 valence electrons. The van der Waals surface area contributed by atoms with Crippen LogP contribution in [0.25, 0.3) is 0 Å². The van der Waals surface area contributed by atoms with Crippen molar-refractivity contribution in [3.05, 3.63) is 35.4 Å². The van der Waals surface area contributed by atoms with Gasteiger partial charge < -0.3 is 10.1 Å². The first-order valence-electron chi connectivity index (χ1n) is 7.12. The highest BCUT2D eigenvalue weighted by Gasteiger charge is 2.33. The van der Waals surface area contributed by atoms with E-state index < -0.39 is 11.6 Å². The van der Waals surface area contributed by atoms with Crippen molar-refractivity contribution in [1.82, 2.24) is 10.2 Å². The van der Waals surface area contributed by atoms with Crippen LogP contribution in [0.2, 0.25) is 0 Å². The summed E-state index contributed by atoms with van der Waals surface area (Å²) in [7, 11) is 1.85. The number of hydrogen-bond acceptors (Lipinski definition) is 3. The molecule has 3 nitrogen and oxygen atoms in total. The summed E-state index contributed by atoms with van der Waals surface area (Å²) in [6, 6.07) is 3.62. The van der Waals surface area contributed by atoms with Gasteiger partial charge in [-0.2, -0.15) is 0 Å². The zero-order valence-electron chi connectivity index (χ0n) is 12.0. The normalized spacial score (nSPS) is 24.0. The second kappa shape index (κ2) is 7.11. The van der Waals surface area contributed by atoms with Crippen molar-refractivity contribution < 1.29 is 13.5 Å². The van der Waals surface area contributed by atoms with Crippen LogP contribution in [0.4, 0.5) is 8.78 Å². The average molecular weight is 284 g/mol. The van der Waals surface area contributed by atoms with Crippen LogP contribution in [0.5, 0.6) is 0 Å². The molecule has 0 spiro atoms. The zero-order chi connectivity index (χ0) is 14.5. The van der Waals surface area contributed by atoms with E-state index >= 15 is 0 Å². The van der Waals surface area contributed by atoms with Crippen molar-refractivity contribution in [3.8, 4) is 0 Å². The molecule has 0 radical (unpaired) electrons. The van der Waals surface area contributed by atoms with Crippen molar-refractivity contribution in [2.75, 3.05) is 33.3 Å². The predicted octanol–water partition coefficient (Wildman–Crippen LogP) is 2.34. The Morgan fingerprint density at radius 3 is 2.60 bits per heavy atom. The van der Waals surface area contributed by atoms with Crippen LogP contribution < -0.4 is 5.32 Å². The molecule has 0 saturated carbocycles.